The summed E-state index contributed by atoms with van der Waals surface area (Å²) in [6.45, 7) is 4.09. The van der Waals surface area contributed by atoms with E-state index in [2.05, 4.69) is 24.8 Å². The van der Waals surface area contributed by atoms with Crippen molar-refractivity contribution < 1.29 is 0 Å². The van der Waals surface area contributed by atoms with Crippen molar-refractivity contribution in [2.24, 2.45) is 5.92 Å². The fourth-order valence-corrected chi connectivity index (χ4v) is 3.19. The monoisotopic (exact) mass is 230 g/mol. The minimum atomic E-state index is 0.561. The van der Waals surface area contributed by atoms with Gasteiger partial charge in [-0.1, -0.05) is 42.2 Å². The largest absolute Gasteiger partial charge is 0.102 e. The minimum Gasteiger partial charge on any atom is -0.102 e. The summed E-state index contributed by atoms with van der Waals surface area (Å²) in [6.07, 6.45) is 20.7. The fraction of sp³-hybridized carbons (Fsp3) is 0.647. The van der Waals surface area contributed by atoms with Crippen LogP contribution in [0.4, 0.5) is 0 Å². The first-order valence-corrected chi connectivity index (χ1v) is 7.42. The fourth-order valence-electron chi connectivity index (χ4n) is 3.19. The molecule has 0 aromatic heterocycles. The molecular weight excluding hydrogens is 204 g/mol. The van der Waals surface area contributed by atoms with Crippen LogP contribution in [0.1, 0.15) is 64.2 Å². The molecule has 17 heavy (non-hydrogen) atoms. The number of hydrogen-bond acceptors (Lipinski definition) is 0. The van der Waals surface area contributed by atoms with Gasteiger partial charge in [-0.05, 0) is 51.4 Å². The van der Waals surface area contributed by atoms with Crippen LogP contribution in [-0.2, 0) is 0 Å². The third-order valence-electron chi connectivity index (χ3n) is 4.19. The summed E-state index contributed by atoms with van der Waals surface area (Å²) >= 11 is 0. The Balaban J connectivity index is 2.10. The molecule has 0 aliphatic heterocycles. The molecule has 0 aromatic rings. The predicted octanol–water partition coefficient (Wildman–Crippen LogP) is 5.57. The van der Waals surface area contributed by atoms with E-state index < -0.39 is 0 Å². The summed E-state index contributed by atoms with van der Waals surface area (Å²) in [5.41, 5.74) is 3.32. The van der Waals surface area contributed by atoms with Gasteiger partial charge in [0, 0.05) is 5.92 Å². The van der Waals surface area contributed by atoms with Gasteiger partial charge in [0.15, 0.2) is 0 Å². The number of hydrogen-bond donors (Lipinski definition) is 0. The van der Waals surface area contributed by atoms with Crippen molar-refractivity contribution in [3.05, 3.63) is 36.0 Å². The second-order valence-electron chi connectivity index (χ2n) is 5.47. The zero-order valence-corrected chi connectivity index (χ0v) is 11.1. The third kappa shape index (κ3) is 3.59. The second kappa shape index (κ2) is 6.83. The maximum atomic E-state index is 4.09. The molecule has 0 bridgehead atoms. The molecule has 0 spiro atoms. The first-order valence-electron chi connectivity index (χ1n) is 7.42. The molecule has 0 amide bonds. The molecule has 0 heterocycles. The lowest BCUT2D eigenvalue weighted by Crippen LogP contribution is -2.05. The van der Waals surface area contributed by atoms with Crippen molar-refractivity contribution in [2.45, 2.75) is 64.2 Å². The predicted molar refractivity (Wildman–Crippen MR) is 76.0 cm³/mol. The molecule has 0 saturated carbocycles. The molecule has 2 aliphatic carbocycles. The van der Waals surface area contributed by atoms with E-state index in [1.807, 2.05) is 0 Å². The topological polar surface area (TPSA) is 0 Å². The third-order valence-corrected chi connectivity index (χ3v) is 4.19. The van der Waals surface area contributed by atoms with Crippen molar-refractivity contribution in [3.8, 4) is 0 Å². The highest BCUT2D eigenvalue weighted by Gasteiger charge is 2.17. The van der Waals surface area contributed by atoms with Crippen LogP contribution in [0.25, 0.3) is 0 Å². The normalized spacial score (nSPS) is 22.4. The molecular formula is C17H26. The van der Waals surface area contributed by atoms with Crippen LogP contribution in [-0.4, -0.2) is 0 Å². The second-order valence-corrected chi connectivity index (χ2v) is 5.47. The van der Waals surface area contributed by atoms with Gasteiger partial charge in [0.1, 0.15) is 0 Å². The number of allylic oxidation sites excluding steroid dienone is 5. The first kappa shape index (κ1) is 12.7. The Morgan fingerprint density at radius 3 is 1.82 bits per heavy atom. The Bertz CT molecular complexity index is 278. The standard InChI is InChI=1S/C17H26/c1-2-17(15-11-7-3-4-8-12-15)16-13-9-5-6-10-14-16/h2,11,13,17H,1,3-10,12,14H2. The van der Waals surface area contributed by atoms with Crippen molar-refractivity contribution in [2.75, 3.05) is 0 Å². The van der Waals surface area contributed by atoms with Gasteiger partial charge in [-0.2, -0.15) is 0 Å². The maximum absolute atomic E-state index is 4.09. The van der Waals surface area contributed by atoms with E-state index in [1.165, 1.54) is 64.2 Å². The first-order chi connectivity index (χ1) is 8.42. The van der Waals surface area contributed by atoms with Gasteiger partial charge < -0.3 is 0 Å². The molecule has 0 N–H and O–H groups in total. The highest BCUT2D eigenvalue weighted by Crippen LogP contribution is 2.33. The van der Waals surface area contributed by atoms with E-state index in [0.717, 1.165) is 0 Å². The van der Waals surface area contributed by atoms with E-state index >= 15 is 0 Å². The van der Waals surface area contributed by atoms with Gasteiger partial charge in [0.05, 0.1) is 0 Å². The smallest absolute Gasteiger partial charge is 0.0184 e. The molecule has 2 aliphatic rings. The zero-order valence-electron chi connectivity index (χ0n) is 11.1. The Kier molecular flexibility index (Phi) is 5.09. The van der Waals surface area contributed by atoms with Crippen LogP contribution in [0, 0.1) is 5.92 Å². The highest BCUT2D eigenvalue weighted by molar-refractivity contribution is 5.27. The lowest BCUT2D eigenvalue weighted by molar-refractivity contribution is 0.669. The average molecular weight is 230 g/mol. The molecule has 0 saturated heterocycles. The lowest BCUT2D eigenvalue weighted by Gasteiger charge is -2.19. The van der Waals surface area contributed by atoms with Gasteiger partial charge in [0.2, 0.25) is 0 Å². The molecule has 0 aromatic carbocycles. The minimum absolute atomic E-state index is 0.561. The molecule has 0 unspecified atom stereocenters. The van der Waals surface area contributed by atoms with Gasteiger partial charge in [-0.15, -0.1) is 6.58 Å². The van der Waals surface area contributed by atoms with E-state index in [0.29, 0.717) is 5.92 Å². The Hall–Kier alpha value is -0.780. The molecule has 94 valence electrons. The van der Waals surface area contributed by atoms with E-state index in [-0.39, 0.29) is 0 Å². The molecule has 0 fully saturated rings. The van der Waals surface area contributed by atoms with E-state index in [9.17, 15) is 0 Å². The van der Waals surface area contributed by atoms with E-state index in [1.54, 1.807) is 11.1 Å². The summed E-state index contributed by atoms with van der Waals surface area (Å²) in [7, 11) is 0. The molecule has 0 heteroatoms. The zero-order chi connectivity index (χ0) is 11.9. The van der Waals surface area contributed by atoms with Crippen LogP contribution < -0.4 is 0 Å². The van der Waals surface area contributed by atoms with Crippen molar-refractivity contribution in [3.63, 3.8) is 0 Å². The van der Waals surface area contributed by atoms with Gasteiger partial charge in [-0.25, -0.2) is 0 Å². The molecule has 0 nitrogen and oxygen atoms in total. The average Bonchev–Trinajstić information content (AvgIpc) is 2.75. The van der Waals surface area contributed by atoms with Crippen LogP contribution >= 0.6 is 0 Å². The van der Waals surface area contributed by atoms with Crippen molar-refractivity contribution >= 4 is 0 Å². The Morgan fingerprint density at radius 1 is 0.824 bits per heavy atom. The van der Waals surface area contributed by atoms with Crippen molar-refractivity contribution in [1.29, 1.82) is 0 Å². The molecule has 0 radical (unpaired) electrons. The quantitative estimate of drug-likeness (QED) is 0.556. The SMILES string of the molecule is C=CC(C1=CCCCCC1)C1=CCCCCC1. The summed E-state index contributed by atoms with van der Waals surface area (Å²) in [5.74, 6) is 0.561. The maximum Gasteiger partial charge on any atom is 0.0184 e. The summed E-state index contributed by atoms with van der Waals surface area (Å²) in [5, 5.41) is 0. The Labute approximate surface area is 106 Å². The number of rotatable bonds is 3. The summed E-state index contributed by atoms with van der Waals surface area (Å²) in [4.78, 5) is 0. The molecule has 2 rings (SSSR count). The van der Waals surface area contributed by atoms with Gasteiger partial charge in [0.25, 0.3) is 0 Å². The van der Waals surface area contributed by atoms with Crippen LogP contribution in [0.3, 0.4) is 0 Å². The molecule has 0 atom stereocenters. The van der Waals surface area contributed by atoms with E-state index in [4.69, 9.17) is 0 Å². The summed E-state index contributed by atoms with van der Waals surface area (Å²) < 4.78 is 0. The highest BCUT2D eigenvalue weighted by atomic mass is 14.2. The van der Waals surface area contributed by atoms with Crippen LogP contribution in [0.15, 0.2) is 36.0 Å². The van der Waals surface area contributed by atoms with Gasteiger partial charge >= 0.3 is 0 Å². The Morgan fingerprint density at radius 2 is 1.35 bits per heavy atom. The van der Waals surface area contributed by atoms with Crippen LogP contribution in [0.5, 0.6) is 0 Å². The lowest BCUT2D eigenvalue weighted by atomic mass is 9.86. The summed E-state index contributed by atoms with van der Waals surface area (Å²) in [6, 6.07) is 0. The van der Waals surface area contributed by atoms with Crippen LogP contribution in [0.2, 0.25) is 0 Å². The van der Waals surface area contributed by atoms with Gasteiger partial charge in [-0.3, -0.25) is 0 Å². The van der Waals surface area contributed by atoms with Crippen molar-refractivity contribution in [1.82, 2.24) is 0 Å².